The first-order chi connectivity index (χ1) is 29.5. The summed E-state index contributed by atoms with van der Waals surface area (Å²) in [7, 11) is 2.92. The molecular formula is C45H50Br3NO13. The monoisotopic (exact) mass is 1050 g/mol. The van der Waals surface area contributed by atoms with E-state index in [2.05, 4.69) is 59.7 Å². The first kappa shape index (κ1) is 47.9. The second-order valence-electron chi connectivity index (χ2n) is 16.0. The summed E-state index contributed by atoms with van der Waals surface area (Å²) in [4.78, 5) is 55.0. The zero-order valence-electron chi connectivity index (χ0n) is 35.1. The molecule has 0 bridgehead atoms. The summed E-state index contributed by atoms with van der Waals surface area (Å²) in [6.45, 7) is 11.3. The maximum absolute atomic E-state index is 14.7. The molecule has 3 saturated heterocycles. The molecule has 0 aliphatic carbocycles. The fourth-order valence-electron chi connectivity index (χ4n) is 7.86. The van der Waals surface area contributed by atoms with E-state index in [0.29, 0.717) is 5.56 Å². The molecule has 0 aromatic heterocycles. The number of benzene rings is 3. The van der Waals surface area contributed by atoms with Gasteiger partial charge in [0.15, 0.2) is 6.23 Å². The predicted molar refractivity (Wildman–Crippen MR) is 235 cm³/mol. The summed E-state index contributed by atoms with van der Waals surface area (Å²) in [6.07, 6.45) is -7.41. The van der Waals surface area contributed by atoms with Crippen LogP contribution in [-0.4, -0.2) is 106 Å². The van der Waals surface area contributed by atoms with Gasteiger partial charge in [0, 0.05) is 51.8 Å². The van der Waals surface area contributed by atoms with Gasteiger partial charge in [-0.15, -0.1) is 0 Å². The van der Waals surface area contributed by atoms with E-state index in [-0.39, 0.29) is 43.3 Å². The van der Waals surface area contributed by atoms with Crippen molar-refractivity contribution in [2.75, 3.05) is 27.6 Å². The van der Waals surface area contributed by atoms with Crippen molar-refractivity contribution in [1.82, 2.24) is 5.32 Å². The highest BCUT2D eigenvalue weighted by atomic mass is 79.9. The van der Waals surface area contributed by atoms with Crippen molar-refractivity contribution >= 4 is 71.6 Å². The molecule has 3 fully saturated rings. The second-order valence-corrected chi connectivity index (χ2v) is 18.8. The molecule has 3 aromatic carbocycles. The Kier molecular flexibility index (Phi) is 15.9. The molecule has 6 rings (SSSR count). The molecule has 10 atom stereocenters. The number of methoxy groups -OCH3 is 2. The zero-order chi connectivity index (χ0) is 44.9. The normalized spacial score (nSPS) is 27.8. The smallest absolute Gasteiger partial charge is 0.339 e. The number of carbonyl (C=O) groups excluding carboxylic acids is 4. The van der Waals surface area contributed by atoms with Crippen LogP contribution < -0.4 is 5.32 Å². The number of amides is 1. The van der Waals surface area contributed by atoms with Gasteiger partial charge >= 0.3 is 17.9 Å². The van der Waals surface area contributed by atoms with E-state index in [0.717, 1.165) is 19.0 Å². The molecule has 17 heteroatoms. The Bertz CT molecular complexity index is 2080. The first-order valence-electron chi connectivity index (χ1n) is 19.9. The number of hydrogen-bond donors (Lipinski definition) is 1. The fourth-order valence-corrected chi connectivity index (χ4v) is 8.65. The molecule has 3 aliphatic heterocycles. The third kappa shape index (κ3) is 10.9. The summed E-state index contributed by atoms with van der Waals surface area (Å²) < 4.78 is 57.4. The van der Waals surface area contributed by atoms with Gasteiger partial charge in [-0.25, -0.2) is 14.4 Å². The second kappa shape index (κ2) is 20.5. The minimum atomic E-state index is -1.75. The number of fused-ring (bicyclic) bond motifs is 1. The van der Waals surface area contributed by atoms with Crippen LogP contribution in [0.1, 0.15) is 71.6 Å². The minimum absolute atomic E-state index is 0.0267. The average Bonchev–Trinajstić information content (AvgIpc) is 3.24. The Hall–Kier alpha value is -3.52. The van der Waals surface area contributed by atoms with Gasteiger partial charge in [-0.3, -0.25) is 4.79 Å². The third-order valence-corrected chi connectivity index (χ3v) is 13.2. The lowest BCUT2D eigenvalue weighted by atomic mass is 9.72. The van der Waals surface area contributed by atoms with E-state index in [1.54, 1.807) is 79.9 Å². The van der Waals surface area contributed by atoms with Crippen molar-refractivity contribution in [3.8, 4) is 0 Å². The van der Waals surface area contributed by atoms with Gasteiger partial charge in [0.05, 0.1) is 35.0 Å². The summed E-state index contributed by atoms with van der Waals surface area (Å²) in [5.74, 6) is -4.67. The maximum Gasteiger partial charge on any atom is 0.339 e. The molecule has 3 aromatic rings. The van der Waals surface area contributed by atoms with Gasteiger partial charge in [-0.2, -0.15) is 0 Å². The van der Waals surface area contributed by atoms with Crippen LogP contribution in [0.4, 0.5) is 0 Å². The Morgan fingerprint density at radius 2 is 1.32 bits per heavy atom. The summed E-state index contributed by atoms with van der Waals surface area (Å²) in [5, 5.41) is 2.89. The van der Waals surface area contributed by atoms with E-state index in [9.17, 15) is 19.2 Å². The molecule has 0 saturated carbocycles. The van der Waals surface area contributed by atoms with E-state index < -0.39 is 84.0 Å². The van der Waals surface area contributed by atoms with Crippen LogP contribution in [0.2, 0.25) is 0 Å². The van der Waals surface area contributed by atoms with E-state index in [4.69, 9.17) is 42.6 Å². The van der Waals surface area contributed by atoms with Crippen LogP contribution in [0.3, 0.4) is 0 Å². The van der Waals surface area contributed by atoms with Crippen molar-refractivity contribution in [3.63, 3.8) is 0 Å². The minimum Gasteiger partial charge on any atom is -0.458 e. The molecule has 334 valence electrons. The highest BCUT2D eigenvalue weighted by Crippen LogP contribution is 2.44. The highest BCUT2D eigenvalue weighted by molar-refractivity contribution is 9.11. The van der Waals surface area contributed by atoms with Crippen molar-refractivity contribution in [2.45, 2.75) is 95.3 Å². The largest absolute Gasteiger partial charge is 0.458 e. The number of esters is 3. The van der Waals surface area contributed by atoms with E-state index in [1.165, 1.54) is 7.11 Å². The lowest BCUT2D eigenvalue weighted by Crippen LogP contribution is -2.69. The first-order valence-corrected chi connectivity index (χ1v) is 22.3. The van der Waals surface area contributed by atoms with Gasteiger partial charge in [0.1, 0.15) is 31.7 Å². The van der Waals surface area contributed by atoms with Crippen LogP contribution in [0.5, 0.6) is 0 Å². The molecule has 0 radical (unpaired) electrons. The predicted octanol–water partition coefficient (Wildman–Crippen LogP) is 7.94. The molecule has 3 aliphatic rings. The summed E-state index contributed by atoms with van der Waals surface area (Å²) in [5.41, 5.74) is 0.711. The Morgan fingerprint density at radius 1 is 0.790 bits per heavy atom. The Labute approximate surface area is 386 Å². The molecular weight excluding hydrogens is 1000 g/mol. The molecule has 1 N–H and O–H groups in total. The lowest BCUT2D eigenvalue weighted by Gasteiger charge is -2.54. The quantitative estimate of drug-likeness (QED) is 0.0942. The summed E-state index contributed by atoms with van der Waals surface area (Å²) >= 11 is 10.1. The van der Waals surface area contributed by atoms with Crippen LogP contribution in [0, 0.1) is 11.3 Å². The molecule has 62 heavy (non-hydrogen) atoms. The topological polar surface area (TPSA) is 163 Å². The number of carbonyl (C=O) groups is 4. The van der Waals surface area contributed by atoms with Gasteiger partial charge in [0.2, 0.25) is 11.9 Å². The maximum atomic E-state index is 14.7. The number of ether oxygens (including phenoxy) is 9. The molecule has 0 spiro atoms. The van der Waals surface area contributed by atoms with Crippen molar-refractivity contribution in [3.05, 3.63) is 115 Å². The Morgan fingerprint density at radius 3 is 1.84 bits per heavy atom. The van der Waals surface area contributed by atoms with Gasteiger partial charge in [0.25, 0.3) is 5.91 Å². The number of rotatable bonds is 14. The fraction of sp³-hybridized carbons (Fsp3) is 0.467. The lowest BCUT2D eigenvalue weighted by molar-refractivity contribution is -0.332. The number of nitrogens with one attached hydrogen (secondary N) is 1. The van der Waals surface area contributed by atoms with Gasteiger partial charge in [-0.1, -0.05) is 80.7 Å². The highest BCUT2D eigenvalue weighted by Gasteiger charge is 2.58. The van der Waals surface area contributed by atoms with Crippen molar-refractivity contribution in [1.29, 1.82) is 0 Å². The van der Waals surface area contributed by atoms with Crippen LogP contribution >= 0.6 is 47.8 Å². The van der Waals surface area contributed by atoms with Crippen LogP contribution in [0.25, 0.3) is 0 Å². The van der Waals surface area contributed by atoms with E-state index >= 15 is 0 Å². The van der Waals surface area contributed by atoms with Gasteiger partial charge in [-0.05, 0) is 79.7 Å². The average molecular weight is 1050 g/mol. The zero-order valence-corrected chi connectivity index (χ0v) is 39.9. The Balaban J connectivity index is 1.27. The standard InChI is InChI=1S/C45H50Br3NO13/c1-24-21-45(55-7,62-26(3)25(24)2)38(61-43(53)29-12-18-32(48)19-13-29)39(50)49-40-36-35(57-23-58-40)37(54-6)44(4,5)34(60-36)20-33(59-42(52)28-10-16-31(47)17-11-28)22-56-41(51)27-8-14-30(46)15-9-27/h8-19,25-26,33-38,40H,1,20-23H2,2-7H3,(H,49,50)/t25-,26-,33-,34-,35+,36+,37-,38-,40+,45-/m1/s1. The third-order valence-electron chi connectivity index (χ3n) is 11.7. The molecule has 14 nitrogen and oxygen atoms in total. The van der Waals surface area contributed by atoms with Crippen LogP contribution in [0.15, 0.2) is 98.4 Å². The van der Waals surface area contributed by atoms with E-state index in [1.807, 2.05) is 27.7 Å². The van der Waals surface area contributed by atoms with Gasteiger partial charge < -0.3 is 47.9 Å². The molecule has 3 heterocycles. The number of hydrogen-bond acceptors (Lipinski definition) is 13. The molecule has 1 amide bonds. The summed E-state index contributed by atoms with van der Waals surface area (Å²) in [6, 6.07) is 19.8. The van der Waals surface area contributed by atoms with Crippen molar-refractivity contribution < 1.29 is 61.8 Å². The SMILES string of the molecule is C=C1C[C@](OC)([C@H](OC(=O)c2ccc(Br)cc2)C(=O)N[C@H]2OCO[C@H]3[C@@H]2O[C@H](C[C@H](COC(=O)c2ccc(Br)cc2)OC(=O)c2ccc(Br)cc2)C(C)(C)[C@@H]3OC)O[C@H](C)[C@@H]1C. The van der Waals surface area contributed by atoms with Crippen LogP contribution in [-0.2, 0) is 47.4 Å². The van der Waals surface area contributed by atoms with Crippen molar-refractivity contribution in [2.24, 2.45) is 11.3 Å². The number of halogens is 3. The molecule has 0 unspecified atom stereocenters.